The molecule has 0 saturated carbocycles. The van der Waals surface area contributed by atoms with E-state index in [1.807, 2.05) is 0 Å². The van der Waals surface area contributed by atoms with Crippen LogP contribution in [0.1, 0.15) is 50.4 Å². The smallest absolute Gasteiger partial charge is 0.277 e. The predicted molar refractivity (Wildman–Crippen MR) is 77.6 cm³/mol. The van der Waals surface area contributed by atoms with Gasteiger partial charge >= 0.3 is 0 Å². The van der Waals surface area contributed by atoms with Crippen LogP contribution in [0.3, 0.4) is 0 Å². The molecule has 3 N–H and O–H groups in total. The molecule has 0 radical (unpaired) electrons. The summed E-state index contributed by atoms with van der Waals surface area (Å²) >= 11 is 0. The highest BCUT2D eigenvalue weighted by atomic mass is 16.5. The number of hydrogen-bond donors (Lipinski definition) is 3. The third-order valence-corrected chi connectivity index (χ3v) is 3.47. The molecule has 1 aromatic rings. The number of rotatable bonds is 8. The lowest BCUT2D eigenvalue weighted by molar-refractivity contribution is 0.0705. The van der Waals surface area contributed by atoms with E-state index >= 15 is 0 Å². The first-order valence-electron chi connectivity index (χ1n) is 7.07. The van der Waals surface area contributed by atoms with E-state index in [0.717, 1.165) is 12.5 Å². The molecule has 0 fully saturated rings. The van der Waals surface area contributed by atoms with E-state index in [1.165, 1.54) is 31.7 Å². The zero-order chi connectivity index (χ0) is 15.0. The lowest BCUT2D eigenvalue weighted by atomic mass is 9.96. The molecule has 1 unspecified atom stereocenters. The molecule has 0 spiro atoms. The molecule has 112 valence electrons. The van der Waals surface area contributed by atoms with Crippen molar-refractivity contribution >= 4 is 11.9 Å². The molecule has 0 aromatic carbocycles. The van der Waals surface area contributed by atoms with Gasteiger partial charge < -0.3 is 5.32 Å². The molecule has 20 heavy (non-hydrogen) atoms. The minimum atomic E-state index is -0.613. The molecule has 1 amide bonds. The van der Waals surface area contributed by atoms with Gasteiger partial charge in [-0.25, -0.2) is 15.4 Å². The molecular weight excluding hydrogens is 256 g/mol. The van der Waals surface area contributed by atoms with Crippen molar-refractivity contribution in [3.05, 3.63) is 18.0 Å². The molecule has 0 bridgehead atoms. The van der Waals surface area contributed by atoms with E-state index in [9.17, 15) is 4.79 Å². The van der Waals surface area contributed by atoms with Crippen LogP contribution in [0.2, 0.25) is 0 Å². The number of carbonyl (C=O) groups is 1. The Morgan fingerprint density at radius 2 is 1.85 bits per heavy atom. The summed E-state index contributed by atoms with van der Waals surface area (Å²) in [4.78, 5) is 19.2. The van der Waals surface area contributed by atoms with Crippen LogP contribution in [0.5, 0.6) is 0 Å². The Kier molecular flexibility index (Phi) is 6.93. The summed E-state index contributed by atoms with van der Waals surface area (Å²) in [5, 5.41) is 11.6. The summed E-state index contributed by atoms with van der Waals surface area (Å²) in [6, 6.07) is 0. The van der Waals surface area contributed by atoms with E-state index in [4.69, 9.17) is 5.21 Å². The Hall–Kier alpha value is -1.69. The molecule has 0 aliphatic heterocycles. The Morgan fingerprint density at radius 1 is 1.25 bits per heavy atom. The van der Waals surface area contributed by atoms with E-state index in [1.54, 1.807) is 5.48 Å². The average Bonchev–Trinajstić information content (AvgIpc) is 2.50. The molecule has 0 aliphatic rings. The monoisotopic (exact) mass is 280 g/mol. The van der Waals surface area contributed by atoms with Crippen molar-refractivity contribution < 1.29 is 10.0 Å². The summed E-state index contributed by atoms with van der Waals surface area (Å²) < 4.78 is 0. The minimum absolute atomic E-state index is 0.225. The molecule has 0 saturated heterocycles. The second-order valence-corrected chi connectivity index (χ2v) is 5.31. The first-order valence-corrected chi connectivity index (χ1v) is 7.07. The highest BCUT2D eigenvalue weighted by Gasteiger charge is 2.08. The van der Waals surface area contributed by atoms with Crippen LogP contribution >= 0.6 is 0 Å². The van der Waals surface area contributed by atoms with Gasteiger partial charge in [-0.05, 0) is 18.3 Å². The lowest BCUT2D eigenvalue weighted by Gasteiger charge is -2.15. The third-order valence-electron chi connectivity index (χ3n) is 3.47. The SMILES string of the molecule is CCC(C)CC[C@H](C)CNc1ncc(C(=O)NO)cn1. The van der Waals surface area contributed by atoms with Crippen LogP contribution in [-0.4, -0.2) is 27.6 Å². The number of amides is 1. The fraction of sp³-hybridized carbons (Fsp3) is 0.643. The number of hydrogen-bond acceptors (Lipinski definition) is 5. The number of nitrogens with zero attached hydrogens (tertiary/aromatic N) is 2. The normalized spacial score (nSPS) is 13.6. The topological polar surface area (TPSA) is 87.1 Å². The van der Waals surface area contributed by atoms with Gasteiger partial charge in [0.25, 0.3) is 5.91 Å². The van der Waals surface area contributed by atoms with Crippen molar-refractivity contribution in [1.29, 1.82) is 0 Å². The van der Waals surface area contributed by atoms with Crippen molar-refractivity contribution in [2.45, 2.75) is 40.0 Å². The van der Waals surface area contributed by atoms with Gasteiger partial charge in [0, 0.05) is 18.9 Å². The largest absolute Gasteiger partial charge is 0.354 e. The van der Waals surface area contributed by atoms with E-state index in [0.29, 0.717) is 11.9 Å². The first-order chi connectivity index (χ1) is 9.56. The number of carbonyl (C=O) groups excluding carboxylic acids is 1. The van der Waals surface area contributed by atoms with Crippen LogP contribution < -0.4 is 10.8 Å². The van der Waals surface area contributed by atoms with Gasteiger partial charge in [0.05, 0.1) is 5.56 Å². The van der Waals surface area contributed by atoms with Crippen LogP contribution in [0.4, 0.5) is 5.95 Å². The molecule has 1 heterocycles. The number of nitrogens with one attached hydrogen (secondary N) is 2. The molecule has 6 nitrogen and oxygen atoms in total. The highest BCUT2D eigenvalue weighted by molar-refractivity contribution is 5.92. The fourth-order valence-electron chi connectivity index (χ4n) is 1.74. The summed E-state index contributed by atoms with van der Waals surface area (Å²) in [6.45, 7) is 7.49. The number of hydroxylamine groups is 1. The molecule has 6 heteroatoms. The Balaban J connectivity index is 2.36. The van der Waals surface area contributed by atoms with Crippen LogP contribution in [-0.2, 0) is 0 Å². The molecule has 2 atom stereocenters. The van der Waals surface area contributed by atoms with Gasteiger partial charge in [-0.1, -0.05) is 33.6 Å². The van der Waals surface area contributed by atoms with Crippen LogP contribution in [0.25, 0.3) is 0 Å². The lowest BCUT2D eigenvalue weighted by Crippen LogP contribution is -2.19. The number of aromatic nitrogens is 2. The maximum absolute atomic E-state index is 11.1. The summed E-state index contributed by atoms with van der Waals surface area (Å²) in [7, 11) is 0. The second-order valence-electron chi connectivity index (χ2n) is 5.31. The zero-order valence-electron chi connectivity index (χ0n) is 12.4. The quantitative estimate of drug-likeness (QED) is 0.503. The van der Waals surface area contributed by atoms with Gasteiger partial charge in [0.1, 0.15) is 0 Å². The second kappa shape index (κ2) is 8.47. The Morgan fingerprint density at radius 3 is 2.40 bits per heavy atom. The van der Waals surface area contributed by atoms with E-state index in [2.05, 4.69) is 36.1 Å². The van der Waals surface area contributed by atoms with Gasteiger partial charge in [-0.3, -0.25) is 10.0 Å². The first kappa shape index (κ1) is 16.4. The number of anilines is 1. The van der Waals surface area contributed by atoms with Crippen molar-refractivity contribution in [2.75, 3.05) is 11.9 Å². The van der Waals surface area contributed by atoms with E-state index < -0.39 is 5.91 Å². The molecule has 0 aliphatic carbocycles. The maximum atomic E-state index is 11.1. The van der Waals surface area contributed by atoms with Crippen molar-refractivity contribution in [3.63, 3.8) is 0 Å². The van der Waals surface area contributed by atoms with Gasteiger partial charge in [-0.15, -0.1) is 0 Å². The third kappa shape index (κ3) is 5.52. The van der Waals surface area contributed by atoms with Crippen molar-refractivity contribution in [1.82, 2.24) is 15.4 Å². The highest BCUT2D eigenvalue weighted by Crippen LogP contribution is 2.15. The van der Waals surface area contributed by atoms with Crippen molar-refractivity contribution in [3.8, 4) is 0 Å². The summed E-state index contributed by atoms with van der Waals surface area (Å²) in [5.41, 5.74) is 1.77. The maximum Gasteiger partial charge on any atom is 0.277 e. The van der Waals surface area contributed by atoms with Crippen LogP contribution in [0, 0.1) is 11.8 Å². The molecular formula is C14H24N4O2. The Bertz CT molecular complexity index is 408. The summed E-state index contributed by atoms with van der Waals surface area (Å²) in [6.07, 6.45) is 6.38. The summed E-state index contributed by atoms with van der Waals surface area (Å²) in [5.74, 6) is 1.20. The van der Waals surface area contributed by atoms with E-state index in [-0.39, 0.29) is 5.56 Å². The average molecular weight is 280 g/mol. The van der Waals surface area contributed by atoms with Gasteiger partial charge in [0.15, 0.2) is 0 Å². The zero-order valence-corrected chi connectivity index (χ0v) is 12.4. The van der Waals surface area contributed by atoms with Gasteiger partial charge in [0.2, 0.25) is 5.95 Å². The van der Waals surface area contributed by atoms with Crippen molar-refractivity contribution in [2.24, 2.45) is 11.8 Å². The standard InChI is InChI=1S/C14H24N4O2/c1-4-10(2)5-6-11(3)7-15-14-16-8-12(9-17-14)13(19)18-20/h8-11,20H,4-7H2,1-3H3,(H,18,19)(H,15,16,17)/t10?,11-/m0/s1. The Labute approximate surface area is 120 Å². The van der Waals surface area contributed by atoms with Gasteiger partial charge in [-0.2, -0.15) is 0 Å². The molecule has 1 rings (SSSR count). The fourth-order valence-corrected chi connectivity index (χ4v) is 1.74. The molecule has 1 aromatic heterocycles. The predicted octanol–water partition coefficient (Wildman–Crippen LogP) is 2.47. The minimum Gasteiger partial charge on any atom is -0.354 e. The van der Waals surface area contributed by atoms with Crippen LogP contribution in [0.15, 0.2) is 12.4 Å².